The Kier molecular flexibility index (Phi) is 4.82. The Bertz CT molecular complexity index is 945. The largest absolute Gasteiger partial charge is 0.283 e. The van der Waals surface area contributed by atoms with Crippen LogP contribution in [0, 0.1) is 11.6 Å². The van der Waals surface area contributed by atoms with Crippen molar-refractivity contribution in [3.8, 4) is 0 Å². The fourth-order valence-electron chi connectivity index (χ4n) is 2.43. The molecule has 2 heterocycles. The summed E-state index contributed by atoms with van der Waals surface area (Å²) in [6.45, 7) is 5.63. The van der Waals surface area contributed by atoms with Crippen molar-refractivity contribution in [3.05, 3.63) is 69.9 Å². The Labute approximate surface area is 145 Å². The van der Waals surface area contributed by atoms with E-state index < -0.39 is 16.9 Å². The monoisotopic (exact) mass is 364 g/mol. The summed E-state index contributed by atoms with van der Waals surface area (Å²) in [5.74, 6) is -1.21. The van der Waals surface area contributed by atoms with Crippen LogP contribution in [-0.4, -0.2) is 9.55 Å². The minimum absolute atomic E-state index is 0.0202. The SMILES string of the molecule is C=CCn1c(SC(C)c2c(F)cccc2F)nc2sccc2c1=O. The van der Waals surface area contributed by atoms with Gasteiger partial charge in [-0.3, -0.25) is 9.36 Å². The van der Waals surface area contributed by atoms with Gasteiger partial charge in [-0.15, -0.1) is 17.9 Å². The number of thiophene rings is 1. The van der Waals surface area contributed by atoms with Crippen molar-refractivity contribution in [1.82, 2.24) is 9.55 Å². The van der Waals surface area contributed by atoms with Gasteiger partial charge in [-0.25, -0.2) is 13.8 Å². The van der Waals surface area contributed by atoms with Crippen LogP contribution in [0.1, 0.15) is 17.7 Å². The van der Waals surface area contributed by atoms with E-state index >= 15 is 0 Å². The maximum atomic E-state index is 14.0. The number of hydrogen-bond donors (Lipinski definition) is 0. The summed E-state index contributed by atoms with van der Waals surface area (Å²) in [7, 11) is 0. The van der Waals surface area contributed by atoms with Crippen molar-refractivity contribution in [1.29, 1.82) is 0 Å². The molecule has 124 valence electrons. The maximum absolute atomic E-state index is 14.0. The number of halogens is 2. The molecule has 1 aromatic carbocycles. The highest BCUT2D eigenvalue weighted by Gasteiger charge is 2.20. The molecule has 0 spiro atoms. The van der Waals surface area contributed by atoms with Crippen LogP contribution in [0.5, 0.6) is 0 Å². The molecule has 0 fully saturated rings. The van der Waals surface area contributed by atoms with Crippen molar-refractivity contribution < 1.29 is 8.78 Å². The van der Waals surface area contributed by atoms with Crippen LogP contribution in [0.2, 0.25) is 0 Å². The number of fused-ring (bicyclic) bond motifs is 1. The zero-order valence-electron chi connectivity index (χ0n) is 12.8. The van der Waals surface area contributed by atoms with Gasteiger partial charge in [0.25, 0.3) is 5.56 Å². The van der Waals surface area contributed by atoms with E-state index in [1.807, 2.05) is 0 Å². The molecular formula is C17H14F2N2OS2. The Morgan fingerprint density at radius 3 is 2.75 bits per heavy atom. The fourth-order valence-corrected chi connectivity index (χ4v) is 4.33. The van der Waals surface area contributed by atoms with Crippen molar-refractivity contribution >= 4 is 33.3 Å². The zero-order valence-corrected chi connectivity index (χ0v) is 14.5. The molecule has 0 bridgehead atoms. The Morgan fingerprint density at radius 1 is 1.38 bits per heavy atom. The van der Waals surface area contributed by atoms with E-state index in [1.165, 1.54) is 34.1 Å². The molecule has 1 atom stereocenters. The summed E-state index contributed by atoms with van der Waals surface area (Å²) in [6.07, 6.45) is 1.60. The maximum Gasteiger partial charge on any atom is 0.263 e. The third-order valence-electron chi connectivity index (χ3n) is 3.55. The number of aromatic nitrogens is 2. The van der Waals surface area contributed by atoms with Gasteiger partial charge in [0.2, 0.25) is 0 Å². The van der Waals surface area contributed by atoms with Crippen molar-refractivity contribution in [2.24, 2.45) is 0 Å². The lowest BCUT2D eigenvalue weighted by atomic mass is 10.1. The second-order valence-corrected chi connectivity index (χ2v) is 7.34. The number of allylic oxidation sites excluding steroid dienone is 1. The van der Waals surface area contributed by atoms with Gasteiger partial charge in [-0.1, -0.05) is 23.9 Å². The first kappa shape index (κ1) is 16.9. The molecule has 7 heteroatoms. The van der Waals surface area contributed by atoms with Crippen LogP contribution in [0.4, 0.5) is 8.78 Å². The van der Waals surface area contributed by atoms with E-state index in [-0.39, 0.29) is 17.7 Å². The summed E-state index contributed by atoms with van der Waals surface area (Å²) in [6, 6.07) is 5.50. The molecule has 0 aliphatic rings. The summed E-state index contributed by atoms with van der Waals surface area (Å²) in [4.78, 5) is 17.7. The average molecular weight is 364 g/mol. The van der Waals surface area contributed by atoms with Crippen LogP contribution >= 0.6 is 23.1 Å². The number of rotatable bonds is 5. The van der Waals surface area contributed by atoms with Crippen molar-refractivity contribution in [2.45, 2.75) is 23.9 Å². The quantitative estimate of drug-likeness (QED) is 0.371. The Hall–Kier alpha value is -1.99. The van der Waals surface area contributed by atoms with Gasteiger partial charge in [0.05, 0.1) is 5.39 Å². The lowest BCUT2D eigenvalue weighted by Crippen LogP contribution is -2.22. The average Bonchev–Trinajstić information content (AvgIpc) is 2.99. The van der Waals surface area contributed by atoms with Gasteiger partial charge in [0.1, 0.15) is 16.5 Å². The molecule has 0 aliphatic heterocycles. The predicted molar refractivity (Wildman–Crippen MR) is 94.7 cm³/mol. The summed E-state index contributed by atoms with van der Waals surface area (Å²) < 4.78 is 29.4. The third kappa shape index (κ3) is 3.01. The number of thioether (sulfide) groups is 1. The predicted octanol–water partition coefficient (Wildman–Crippen LogP) is 4.78. The fraction of sp³-hybridized carbons (Fsp3) is 0.176. The third-order valence-corrected chi connectivity index (χ3v) is 5.47. The van der Waals surface area contributed by atoms with Gasteiger partial charge in [0.15, 0.2) is 5.16 Å². The molecular weight excluding hydrogens is 350 g/mol. The van der Waals surface area contributed by atoms with E-state index in [0.717, 1.165) is 11.8 Å². The lowest BCUT2D eigenvalue weighted by Gasteiger charge is -2.16. The zero-order chi connectivity index (χ0) is 17.3. The second-order valence-electron chi connectivity index (χ2n) is 5.13. The minimum atomic E-state index is -0.607. The molecule has 1 unspecified atom stereocenters. The Balaban J connectivity index is 2.07. The molecule has 0 aliphatic carbocycles. The van der Waals surface area contributed by atoms with Gasteiger partial charge < -0.3 is 0 Å². The van der Waals surface area contributed by atoms with Gasteiger partial charge in [-0.05, 0) is 30.5 Å². The highest BCUT2D eigenvalue weighted by atomic mass is 32.2. The minimum Gasteiger partial charge on any atom is -0.283 e. The van der Waals surface area contributed by atoms with E-state index in [9.17, 15) is 13.6 Å². The lowest BCUT2D eigenvalue weighted by molar-refractivity contribution is 0.556. The number of benzene rings is 1. The molecule has 0 saturated heterocycles. The number of nitrogens with zero attached hydrogens (tertiary/aromatic N) is 2. The van der Waals surface area contributed by atoms with Crippen LogP contribution in [0.15, 0.2) is 52.3 Å². The van der Waals surface area contributed by atoms with Gasteiger partial charge in [-0.2, -0.15) is 0 Å². The molecule has 0 amide bonds. The van der Waals surface area contributed by atoms with E-state index in [2.05, 4.69) is 11.6 Å². The summed E-state index contributed by atoms with van der Waals surface area (Å²) >= 11 is 2.51. The van der Waals surface area contributed by atoms with Crippen molar-refractivity contribution in [2.75, 3.05) is 0 Å². The molecule has 0 saturated carbocycles. The molecule has 0 radical (unpaired) electrons. The standard InChI is InChI=1S/C17H14F2N2OS2/c1-3-8-21-16(22)11-7-9-23-15(11)20-17(21)24-10(2)14-12(18)5-4-6-13(14)19/h3-7,9-10H,1,8H2,2H3. The molecule has 2 aromatic heterocycles. The molecule has 0 N–H and O–H groups in total. The number of hydrogen-bond acceptors (Lipinski definition) is 4. The van der Waals surface area contributed by atoms with Crippen molar-refractivity contribution in [3.63, 3.8) is 0 Å². The van der Waals surface area contributed by atoms with Crippen LogP contribution in [-0.2, 0) is 6.54 Å². The Morgan fingerprint density at radius 2 is 2.08 bits per heavy atom. The van der Waals surface area contributed by atoms with Gasteiger partial charge >= 0.3 is 0 Å². The highest BCUT2D eigenvalue weighted by Crippen LogP contribution is 2.36. The normalized spacial score (nSPS) is 12.5. The first-order valence-electron chi connectivity index (χ1n) is 7.22. The van der Waals surface area contributed by atoms with Gasteiger partial charge in [0, 0.05) is 17.4 Å². The van der Waals surface area contributed by atoms with Crippen LogP contribution < -0.4 is 5.56 Å². The van der Waals surface area contributed by atoms with Crippen LogP contribution in [0.3, 0.4) is 0 Å². The molecule has 24 heavy (non-hydrogen) atoms. The summed E-state index contributed by atoms with van der Waals surface area (Å²) in [5.41, 5.74) is -0.196. The molecule has 3 nitrogen and oxygen atoms in total. The summed E-state index contributed by atoms with van der Waals surface area (Å²) in [5, 5.41) is 2.22. The van der Waals surface area contributed by atoms with Crippen LogP contribution in [0.25, 0.3) is 10.2 Å². The molecule has 3 aromatic rings. The smallest absolute Gasteiger partial charge is 0.263 e. The van der Waals surface area contributed by atoms with E-state index in [0.29, 0.717) is 15.4 Å². The van der Waals surface area contributed by atoms with E-state index in [4.69, 9.17) is 0 Å². The first-order valence-corrected chi connectivity index (χ1v) is 8.98. The first-order chi connectivity index (χ1) is 11.5. The second kappa shape index (κ2) is 6.86. The highest BCUT2D eigenvalue weighted by molar-refractivity contribution is 7.99. The topological polar surface area (TPSA) is 34.9 Å². The molecule has 3 rings (SSSR count). The van der Waals surface area contributed by atoms with E-state index in [1.54, 1.807) is 24.4 Å².